The topological polar surface area (TPSA) is 107 Å². The highest BCUT2D eigenvalue weighted by molar-refractivity contribution is 6.27. The summed E-state index contributed by atoms with van der Waals surface area (Å²) in [4.78, 5) is 33.2. The van der Waals surface area contributed by atoms with Gasteiger partial charge in [0, 0.05) is 17.8 Å². The van der Waals surface area contributed by atoms with E-state index in [1.54, 1.807) is 0 Å². The first-order valence-electron chi connectivity index (χ1n) is 9.95. The van der Waals surface area contributed by atoms with Gasteiger partial charge in [0.2, 0.25) is 5.91 Å². The number of nitrogens with one attached hydrogen (secondary N) is 1. The summed E-state index contributed by atoms with van der Waals surface area (Å²) in [5.41, 5.74) is 3.06. The summed E-state index contributed by atoms with van der Waals surface area (Å²) in [5.74, 6) is -2.90. The molecule has 0 saturated carbocycles. The van der Waals surface area contributed by atoms with Crippen LogP contribution in [0.25, 0.3) is 11.1 Å². The molecule has 0 aromatic heterocycles. The lowest BCUT2D eigenvalue weighted by atomic mass is 9.98. The van der Waals surface area contributed by atoms with Gasteiger partial charge in [-0.1, -0.05) is 55.5 Å². The summed E-state index contributed by atoms with van der Waals surface area (Å²) in [6, 6.07) is 18.1. The number of anilines is 1. The van der Waals surface area contributed by atoms with Crippen LogP contribution in [0.5, 0.6) is 0 Å². The van der Waals surface area contributed by atoms with Crippen molar-refractivity contribution in [3.05, 3.63) is 54.6 Å². The number of benzene rings is 2. The van der Waals surface area contributed by atoms with Gasteiger partial charge in [-0.15, -0.1) is 0 Å². The van der Waals surface area contributed by atoms with Gasteiger partial charge in [0.1, 0.15) is 0 Å². The zero-order valence-electron chi connectivity index (χ0n) is 17.2. The molecule has 1 saturated heterocycles. The molecule has 0 spiro atoms. The van der Waals surface area contributed by atoms with Crippen LogP contribution in [0.3, 0.4) is 0 Å². The Morgan fingerprint density at radius 3 is 2.20 bits per heavy atom. The number of nitrogens with zero attached hydrogens (tertiary/aromatic N) is 1. The second-order valence-electron chi connectivity index (χ2n) is 7.43. The normalized spacial score (nSPS) is 17.2. The average molecular weight is 412 g/mol. The van der Waals surface area contributed by atoms with Gasteiger partial charge in [-0.3, -0.25) is 9.69 Å². The van der Waals surface area contributed by atoms with E-state index in [0.717, 1.165) is 29.9 Å². The number of piperidine rings is 1. The lowest BCUT2D eigenvalue weighted by Crippen LogP contribution is -2.46. The molecule has 160 valence electrons. The Morgan fingerprint density at radius 2 is 1.60 bits per heavy atom. The summed E-state index contributed by atoms with van der Waals surface area (Å²) >= 11 is 0. The maximum atomic E-state index is 12.7. The minimum atomic E-state index is -1.82. The largest absolute Gasteiger partial charge is 0.473 e. The van der Waals surface area contributed by atoms with E-state index in [0.29, 0.717) is 5.92 Å². The van der Waals surface area contributed by atoms with Gasteiger partial charge >= 0.3 is 11.9 Å². The third-order valence-electron chi connectivity index (χ3n) is 5.07. The van der Waals surface area contributed by atoms with E-state index in [4.69, 9.17) is 19.8 Å². The van der Waals surface area contributed by atoms with Crippen LogP contribution in [0, 0.1) is 5.92 Å². The van der Waals surface area contributed by atoms with Gasteiger partial charge in [-0.25, -0.2) is 9.59 Å². The van der Waals surface area contributed by atoms with Crippen molar-refractivity contribution in [1.82, 2.24) is 4.90 Å². The fraction of sp³-hybridized carbons (Fsp3) is 0.348. The molecule has 3 rings (SSSR count). The van der Waals surface area contributed by atoms with Crippen molar-refractivity contribution in [1.29, 1.82) is 0 Å². The third kappa shape index (κ3) is 6.70. The van der Waals surface area contributed by atoms with Crippen LogP contribution in [-0.2, 0) is 14.4 Å². The Kier molecular flexibility index (Phi) is 8.55. The molecule has 2 aromatic rings. The molecule has 1 fully saturated rings. The predicted octanol–water partition coefficient (Wildman–Crippen LogP) is 3.57. The molecule has 2 unspecified atom stereocenters. The average Bonchev–Trinajstić information content (AvgIpc) is 2.74. The van der Waals surface area contributed by atoms with E-state index in [-0.39, 0.29) is 11.9 Å². The van der Waals surface area contributed by atoms with Crippen molar-refractivity contribution < 1.29 is 24.6 Å². The van der Waals surface area contributed by atoms with Crippen LogP contribution in [0.15, 0.2) is 54.6 Å². The van der Waals surface area contributed by atoms with Crippen molar-refractivity contribution in [2.75, 3.05) is 18.4 Å². The molecule has 2 aromatic carbocycles. The van der Waals surface area contributed by atoms with E-state index in [2.05, 4.69) is 35.3 Å². The molecule has 7 heteroatoms. The fourth-order valence-corrected chi connectivity index (χ4v) is 3.44. The standard InChI is InChI=1S/C21H26N2O.C2H2O4/c1-16-9-8-14-23(15-16)17(2)21(24)22-20-13-7-6-12-19(20)18-10-4-3-5-11-18;3-1(4)2(5)6/h3-7,10-13,16-17H,8-9,14-15H2,1-2H3,(H,22,24);(H,3,4)(H,5,6). The van der Waals surface area contributed by atoms with Crippen molar-refractivity contribution in [3.63, 3.8) is 0 Å². The second kappa shape index (κ2) is 11.1. The van der Waals surface area contributed by atoms with Crippen molar-refractivity contribution in [2.45, 2.75) is 32.7 Å². The highest BCUT2D eigenvalue weighted by Gasteiger charge is 2.26. The van der Waals surface area contributed by atoms with Gasteiger partial charge in [0.25, 0.3) is 0 Å². The molecule has 1 amide bonds. The third-order valence-corrected chi connectivity index (χ3v) is 5.07. The predicted molar refractivity (Wildman–Crippen MR) is 115 cm³/mol. The highest BCUT2D eigenvalue weighted by Crippen LogP contribution is 2.28. The van der Waals surface area contributed by atoms with Crippen LogP contribution in [-0.4, -0.2) is 52.1 Å². The Bertz CT molecular complexity index is 857. The highest BCUT2D eigenvalue weighted by atomic mass is 16.4. The van der Waals surface area contributed by atoms with Crippen molar-refractivity contribution in [2.24, 2.45) is 5.92 Å². The van der Waals surface area contributed by atoms with E-state index in [1.165, 1.54) is 12.8 Å². The Hall–Kier alpha value is -3.19. The minimum Gasteiger partial charge on any atom is -0.473 e. The number of hydrogen-bond donors (Lipinski definition) is 3. The monoisotopic (exact) mass is 412 g/mol. The molecule has 1 heterocycles. The van der Waals surface area contributed by atoms with E-state index < -0.39 is 11.9 Å². The molecule has 0 bridgehead atoms. The lowest BCUT2D eigenvalue weighted by Gasteiger charge is -2.34. The number of carboxylic acids is 2. The summed E-state index contributed by atoms with van der Waals surface area (Å²) in [7, 11) is 0. The van der Waals surface area contributed by atoms with Gasteiger partial charge in [-0.05, 0) is 43.9 Å². The van der Waals surface area contributed by atoms with E-state index in [9.17, 15) is 4.79 Å². The molecular weight excluding hydrogens is 384 g/mol. The minimum absolute atomic E-state index is 0.0764. The van der Waals surface area contributed by atoms with Crippen molar-refractivity contribution in [3.8, 4) is 11.1 Å². The van der Waals surface area contributed by atoms with E-state index >= 15 is 0 Å². The fourth-order valence-electron chi connectivity index (χ4n) is 3.44. The summed E-state index contributed by atoms with van der Waals surface area (Å²) in [6.07, 6.45) is 2.45. The van der Waals surface area contributed by atoms with Gasteiger partial charge in [0.15, 0.2) is 0 Å². The van der Waals surface area contributed by atoms with Gasteiger partial charge in [0.05, 0.1) is 6.04 Å². The van der Waals surface area contributed by atoms with Crippen LogP contribution >= 0.6 is 0 Å². The molecule has 30 heavy (non-hydrogen) atoms. The number of hydrogen-bond acceptors (Lipinski definition) is 4. The Labute approximate surface area is 176 Å². The number of rotatable bonds is 4. The summed E-state index contributed by atoms with van der Waals surface area (Å²) in [6.45, 7) is 6.30. The van der Waals surface area contributed by atoms with Gasteiger partial charge < -0.3 is 15.5 Å². The quantitative estimate of drug-likeness (QED) is 0.663. The Morgan fingerprint density at radius 1 is 1.00 bits per heavy atom. The molecule has 2 atom stereocenters. The number of para-hydroxylation sites is 1. The lowest BCUT2D eigenvalue weighted by molar-refractivity contribution is -0.159. The van der Waals surface area contributed by atoms with Crippen molar-refractivity contribution >= 4 is 23.5 Å². The van der Waals surface area contributed by atoms with E-state index in [1.807, 2.05) is 43.3 Å². The number of carbonyl (C=O) groups excluding carboxylic acids is 1. The van der Waals surface area contributed by atoms with Gasteiger partial charge in [-0.2, -0.15) is 0 Å². The maximum absolute atomic E-state index is 12.7. The maximum Gasteiger partial charge on any atom is 0.414 e. The first-order chi connectivity index (χ1) is 14.3. The molecule has 0 radical (unpaired) electrons. The number of carboxylic acid groups (broad SMARTS) is 2. The first kappa shape index (κ1) is 23.1. The molecule has 7 nitrogen and oxygen atoms in total. The zero-order chi connectivity index (χ0) is 22.1. The van der Waals surface area contributed by atoms with Crippen LogP contribution in [0.4, 0.5) is 5.69 Å². The molecular formula is C23H28N2O5. The smallest absolute Gasteiger partial charge is 0.414 e. The van der Waals surface area contributed by atoms with Crippen LogP contribution in [0.2, 0.25) is 0 Å². The number of aliphatic carboxylic acids is 2. The number of carbonyl (C=O) groups is 3. The zero-order valence-corrected chi connectivity index (χ0v) is 17.2. The Balaban J connectivity index is 0.000000469. The number of likely N-dealkylation sites (tertiary alicyclic amines) is 1. The molecule has 1 aliphatic rings. The SMILES string of the molecule is CC1CCCN(C(C)C(=O)Nc2ccccc2-c2ccccc2)C1.O=C(O)C(=O)O. The van der Waals surface area contributed by atoms with Crippen LogP contribution < -0.4 is 5.32 Å². The summed E-state index contributed by atoms with van der Waals surface area (Å²) < 4.78 is 0. The molecule has 1 aliphatic heterocycles. The van der Waals surface area contributed by atoms with Crippen LogP contribution in [0.1, 0.15) is 26.7 Å². The first-order valence-corrected chi connectivity index (χ1v) is 9.95. The summed E-state index contributed by atoms with van der Waals surface area (Å²) in [5, 5.41) is 17.9. The molecule has 0 aliphatic carbocycles. The number of amides is 1. The second-order valence-corrected chi connectivity index (χ2v) is 7.43. The molecule has 3 N–H and O–H groups in total.